The van der Waals surface area contributed by atoms with Gasteiger partial charge in [0.15, 0.2) is 0 Å². The number of Topliss-reactive ketones (excluding diaryl/α,β-unsaturated/α-hetero) is 1. The zero-order chi connectivity index (χ0) is 10.4. The molecule has 1 atom stereocenters. The summed E-state index contributed by atoms with van der Waals surface area (Å²) in [7, 11) is 1.22. The summed E-state index contributed by atoms with van der Waals surface area (Å²) in [5.74, 6) is -1.86. The van der Waals surface area contributed by atoms with Crippen LogP contribution in [0.4, 0.5) is 4.39 Å². The van der Waals surface area contributed by atoms with Gasteiger partial charge in [-0.1, -0.05) is 13.8 Å². The Kier molecular flexibility index (Phi) is 5.26. The summed E-state index contributed by atoms with van der Waals surface area (Å²) in [5, 5.41) is 0. The first-order chi connectivity index (χ1) is 6.02. The fourth-order valence-electron chi connectivity index (χ4n) is 0.987. The van der Waals surface area contributed by atoms with Crippen molar-refractivity contribution in [3.63, 3.8) is 0 Å². The number of alkyl halides is 1. The van der Waals surface area contributed by atoms with Gasteiger partial charge in [0.1, 0.15) is 5.78 Å². The molecule has 0 aliphatic heterocycles. The Balaban J connectivity index is 4.18. The van der Waals surface area contributed by atoms with Gasteiger partial charge in [-0.15, -0.1) is 0 Å². The number of ether oxygens (including phenoxy) is 1. The number of rotatable bonds is 5. The van der Waals surface area contributed by atoms with Gasteiger partial charge in [-0.05, 0) is 0 Å². The summed E-state index contributed by atoms with van der Waals surface area (Å²) in [6.07, 6.45) is -0.163. The maximum absolute atomic E-state index is 12.3. The fraction of sp³-hybridized carbons (Fsp3) is 0.778. The molecule has 0 aliphatic carbocycles. The van der Waals surface area contributed by atoms with E-state index >= 15 is 0 Å². The van der Waals surface area contributed by atoms with Gasteiger partial charge in [-0.25, -0.2) is 0 Å². The molecule has 0 amide bonds. The highest BCUT2D eigenvalue weighted by atomic mass is 19.1. The predicted octanol–water partition coefficient (Wildman–Crippen LogP) is 1.36. The molecule has 4 heteroatoms. The van der Waals surface area contributed by atoms with Crippen LogP contribution in [0.2, 0.25) is 0 Å². The van der Waals surface area contributed by atoms with Crippen LogP contribution in [-0.4, -0.2) is 25.5 Å². The molecular weight excluding hydrogens is 175 g/mol. The maximum atomic E-state index is 12.3. The Bertz CT molecular complexity index is 189. The molecule has 0 rings (SSSR count). The quantitative estimate of drug-likeness (QED) is 0.615. The molecule has 13 heavy (non-hydrogen) atoms. The van der Waals surface area contributed by atoms with Crippen molar-refractivity contribution in [2.75, 3.05) is 13.8 Å². The molecule has 0 radical (unpaired) electrons. The van der Waals surface area contributed by atoms with E-state index in [1.165, 1.54) is 7.11 Å². The van der Waals surface area contributed by atoms with Crippen LogP contribution in [0.5, 0.6) is 0 Å². The highest BCUT2D eigenvalue weighted by molar-refractivity contribution is 5.86. The van der Waals surface area contributed by atoms with Crippen LogP contribution in [0.3, 0.4) is 0 Å². The van der Waals surface area contributed by atoms with E-state index in [9.17, 15) is 14.0 Å². The molecule has 0 saturated carbocycles. The molecule has 0 fully saturated rings. The number of hydrogen-bond donors (Lipinski definition) is 0. The Labute approximate surface area is 77.3 Å². The molecule has 0 unspecified atom stereocenters. The van der Waals surface area contributed by atoms with Gasteiger partial charge >= 0.3 is 5.97 Å². The van der Waals surface area contributed by atoms with Gasteiger partial charge < -0.3 is 4.74 Å². The van der Waals surface area contributed by atoms with E-state index in [1.54, 1.807) is 13.8 Å². The Morgan fingerprint density at radius 2 is 1.92 bits per heavy atom. The largest absolute Gasteiger partial charge is 0.469 e. The summed E-state index contributed by atoms with van der Waals surface area (Å²) >= 11 is 0. The average Bonchev–Trinajstić information content (AvgIpc) is 2.12. The first-order valence-corrected chi connectivity index (χ1v) is 4.19. The lowest BCUT2D eigenvalue weighted by Crippen LogP contribution is -2.24. The summed E-state index contributed by atoms with van der Waals surface area (Å²) < 4.78 is 16.7. The molecule has 0 aromatic heterocycles. The van der Waals surface area contributed by atoms with Crippen LogP contribution in [0.15, 0.2) is 0 Å². The number of methoxy groups -OCH3 is 1. The second-order valence-corrected chi connectivity index (χ2v) is 3.19. The maximum Gasteiger partial charge on any atom is 0.306 e. The lowest BCUT2D eigenvalue weighted by molar-refractivity contribution is -0.144. The molecule has 0 saturated heterocycles. The minimum Gasteiger partial charge on any atom is -0.469 e. The second kappa shape index (κ2) is 5.67. The molecule has 3 nitrogen and oxygen atoms in total. The van der Waals surface area contributed by atoms with Crippen molar-refractivity contribution in [1.29, 1.82) is 0 Å². The number of esters is 1. The van der Waals surface area contributed by atoms with Gasteiger partial charge in [0, 0.05) is 5.92 Å². The minimum absolute atomic E-state index is 0.163. The molecule has 0 aliphatic rings. The predicted molar refractivity (Wildman–Crippen MR) is 45.9 cm³/mol. The lowest BCUT2D eigenvalue weighted by atomic mass is 9.94. The molecule has 0 aromatic carbocycles. The first kappa shape index (κ1) is 12.1. The van der Waals surface area contributed by atoms with Crippen LogP contribution in [0.1, 0.15) is 20.3 Å². The molecular formula is C9H15FO3. The number of ketones is 1. The van der Waals surface area contributed by atoms with Gasteiger partial charge in [0.05, 0.1) is 26.1 Å². The van der Waals surface area contributed by atoms with E-state index in [-0.39, 0.29) is 18.1 Å². The smallest absolute Gasteiger partial charge is 0.306 e. The van der Waals surface area contributed by atoms with E-state index in [1.807, 2.05) is 0 Å². The summed E-state index contributed by atoms with van der Waals surface area (Å²) in [6, 6.07) is 0. The summed E-state index contributed by atoms with van der Waals surface area (Å²) in [4.78, 5) is 22.0. The van der Waals surface area contributed by atoms with Crippen molar-refractivity contribution < 1.29 is 18.7 Å². The molecule has 0 bridgehead atoms. The van der Waals surface area contributed by atoms with Crippen molar-refractivity contribution in [2.24, 2.45) is 11.8 Å². The third-order valence-electron chi connectivity index (χ3n) is 1.80. The highest BCUT2D eigenvalue weighted by Gasteiger charge is 2.24. The van der Waals surface area contributed by atoms with Crippen LogP contribution in [-0.2, 0) is 14.3 Å². The molecule has 0 spiro atoms. The molecule has 0 N–H and O–H groups in total. The SMILES string of the molecule is COC(=O)C[C@@H](CF)C(=O)C(C)C. The van der Waals surface area contributed by atoms with Gasteiger partial charge in [0.2, 0.25) is 0 Å². The van der Waals surface area contributed by atoms with Crippen molar-refractivity contribution in [3.8, 4) is 0 Å². The van der Waals surface area contributed by atoms with Crippen LogP contribution < -0.4 is 0 Å². The topological polar surface area (TPSA) is 43.4 Å². The van der Waals surface area contributed by atoms with Crippen LogP contribution in [0, 0.1) is 11.8 Å². The zero-order valence-corrected chi connectivity index (χ0v) is 8.17. The lowest BCUT2D eigenvalue weighted by Gasteiger charge is -2.12. The third kappa shape index (κ3) is 4.01. The number of hydrogen-bond acceptors (Lipinski definition) is 3. The van der Waals surface area contributed by atoms with Gasteiger partial charge in [-0.3, -0.25) is 14.0 Å². The normalized spacial score (nSPS) is 12.7. The fourth-order valence-corrected chi connectivity index (χ4v) is 0.987. The number of carbonyl (C=O) groups excluding carboxylic acids is 2. The molecule has 0 heterocycles. The second-order valence-electron chi connectivity index (χ2n) is 3.19. The van der Waals surface area contributed by atoms with Crippen LogP contribution in [0.25, 0.3) is 0 Å². The zero-order valence-electron chi connectivity index (χ0n) is 8.17. The number of halogens is 1. The van der Waals surface area contributed by atoms with Crippen molar-refractivity contribution in [1.82, 2.24) is 0 Å². The van der Waals surface area contributed by atoms with Crippen molar-refractivity contribution >= 4 is 11.8 Å². The first-order valence-electron chi connectivity index (χ1n) is 4.19. The molecule has 76 valence electrons. The van der Waals surface area contributed by atoms with E-state index in [0.717, 1.165) is 0 Å². The van der Waals surface area contributed by atoms with Gasteiger partial charge in [-0.2, -0.15) is 0 Å². The van der Waals surface area contributed by atoms with Crippen molar-refractivity contribution in [3.05, 3.63) is 0 Å². The average molecular weight is 190 g/mol. The monoisotopic (exact) mass is 190 g/mol. The Hall–Kier alpha value is -0.930. The Morgan fingerprint density at radius 3 is 2.23 bits per heavy atom. The van der Waals surface area contributed by atoms with E-state index in [0.29, 0.717) is 0 Å². The van der Waals surface area contributed by atoms with E-state index in [2.05, 4.69) is 4.74 Å². The van der Waals surface area contributed by atoms with E-state index < -0.39 is 18.6 Å². The summed E-state index contributed by atoms with van der Waals surface area (Å²) in [5.41, 5.74) is 0. The van der Waals surface area contributed by atoms with Crippen LogP contribution >= 0.6 is 0 Å². The highest BCUT2D eigenvalue weighted by Crippen LogP contribution is 2.12. The van der Waals surface area contributed by atoms with E-state index in [4.69, 9.17) is 0 Å². The third-order valence-corrected chi connectivity index (χ3v) is 1.80. The van der Waals surface area contributed by atoms with Gasteiger partial charge in [0.25, 0.3) is 0 Å². The van der Waals surface area contributed by atoms with Crippen molar-refractivity contribution in [2.45, 2.75) is 20.3 Å². The molecule has 0 aromatic rings. The number of carbonyl (C=O) groups is 2. The standard InChI is InChI=1S/C9H15FO3/c1-6(2)9(12)7(5-10)4-8(11)13-3/h6-7H,4-5H2,1-3H3/t7-/m0/s1. The summed E-state index contributed by atoms with van der Waals surface area (Å²) in [6.45, 7) is 2.57. The Morgan fingerprint density at radius 1 is 1.38 bits per heavy atom. The minimum atomic E-state index is -0.840.